The van der Waals surface area contributed by atoms with Gasteiger partial charge in [-0.1, -0.05) is 12.1 Å². The second kappa shape index (κ2) is 6.33. The van der Waals surface area contributed by atoms with Crippen LogP contribution in [0.4, 0.5) is 11.4 Å². The third-order valence-corrected chi connectivity index (χ3v) is 3.00. The second-order valence-corrected chi connectivity index (χ2v) is 4.78. The first-order chi connectivity index (χ1) is 9.16. The molecule has 0 spiro atoms. The molecule has 19 heavy (non-hydrogen) atoms. The average Bonchev–Trinajstić information content (AvgIpc) is 3.19. The van der Waals surface area contributed by atoms with E-state index in [4.69, 9.17) is 12.2 Å². The van der Waals surface area contributed by atoms with Gasteiger partial charge >= 0.3 is 0 Å². The highest BCUT2D eigenvalue weighted by molar-refractivity contribution is 7.80. The molecule has 0 saturated heterocycles. The van der Waals surface area contributed by atoms with Crippen molar-refractivity contribution in [2.75, 3.05) is 18.4 Å². The number of hydrogen-bond donors (Lipinski definition) is 3. The lowest BCUT2D eigenvalue weighted by Crippen LogP contribution is -2.38. The maximum Gasteiger partial charge on any atom is 0.292 e. The van der Waals surface area contributed by atoms with Crippen LogP contribution in [-0.4, -0.2) is 29.2 Å². The van der Waals surface area contributed by atoms with Crippen LogP contribution < -0.4 is 16.0 Å². The minimum Gasteiger partial charge on any atom is -0.378 e. The summed E-state index contributed by atoms with van der Waals surface area (Å²) in [5.41, 5.74) is 0.608. The molecule has 0 atom stereocenters. The van der Waals surface area contributed by atoms with Crippen molar-refractivity contribution < 1.29 is 4.92 Å². The molecule has 0 bridgehead atoms. The molecule has 102 valence electrons. The quantitative estimate of drug-likeness (QED) is 0.318. The summed E-state index contributed by atoms with van der Waals surface area (Å²) in [7, 11) is 0. The van der Waals surface area contributed by atoms with Gasteiger partial charge in [0.2, 0.25) is 0 Å². The van der Waals surface area contributed by atoms with E-state index in [2.05, 4.69) is 16.0 Å². The van der Waals surface area contributed by atoms with E-state index in [1.807, 2.05) is 0 Å². The molecule has 1 aromatic rings. The van der Waals surface area contributed by atoms with Crippen molar-refractivity contribution in [2.45, 2.75) is 18.9 Å². The van der Waals surface area contributed by atoms with Gasteiger partial charge in [-0.2, -0.15) is 0 Å². The third kappa shape index (κ3) is 4.36. The van der Waals surface area contributed by atoms with Gasteiger partial charge in [0.25, 0.3) is 5.69 Å². The lowest BCUT2D eigenvalue weighted by Gasteiger charge is -2.10. The molecular weight excluding hydrogens is 264 g/mol. The van der Waals surface area contributed by atoms with E-state index in [-0.39, 0.29) is 5.69 Å². The molecule has 0 amide bonds. The summed E-state index contributed by atoms with van der Waals surface area (Å²) in [5.74, 6) is 0. The van der Waals surface area contributed by atoms with Crippen LogP contribution in [0.2, 0.25) is 0 Å². The highest BCUT2D eigenvalue weighted by Crippen LogP contribution is 2.22. The fourth-order valence-electron chi connectivity index (χ4n) is 1.62. The van der Waals surface area contributed by atoms with Crippen LogP contribution in [0, 0.1) is 10.1 Å². The topological polar surface area (TPSA) is 79.2 Å². The number of anilines is 1. The van der Waals surface area contributed by atoms with Gasteiger partial charge < -0.3 is 16.0 Å². The fourth-order valence-corrected chi connectivity index (χ4v) is 1.89. The zero-order valence-electron chi connectivity index (χ0n) is 10.4. The fraction of sp³-hybridized carbons (Fsp3) is 0.417. The first kappa shape index (κ1) is 13.5. The number of benzene rings is 1. The molecule has 2 rings (SSSR count). The number of thiocarbonyl (C=S) groups is 1. The molecule has 1 fully saturated rings. The van der Waals surface area contributed by atoms with Gasteiger partial charge in [-0.05, 0) is 31.1 Å². The SMILES string of the molecule is O=[N+]([O-])c1ccccc1NCCNC(=S)NC1CC1. The molecule has 0 heterocycles. The van der Waals surface area contributed by atoms with Gasteiger partial charge in [-0.15, -0.1) is 0 Å². The van der Waals surface area contributed by atoms with Crippen LogP contribution in [0.1, 0.15) is 12.8 Å². The van der Waals surface area contributed by atoms with Crippen molar-refractivity contribution in [1.29, 1.82) is 0 Å². The van der Waals surface area contributed by atoms with Crippen LogP contribution >= 0.6 is 12.2 Å². The minimum atomic E-state index is -0.394. The first-order valence-corrected chi connectivity index (χ1v) is 6.59. The third-order valence-electron chi connectivity index (χ3n) is 2.74. The summed E-state index contributed by atoms with van der Waals surface area (Å²) < 4.78 is 0. The monoisotopic (exact) mass is 280 g/mol. The number of nitrogens with zero attached hydrogens (tertiary/aromatic N) is 1. The van der Waals surface area contributed by atoms with Crippen molar-refractivity contribution in [3.05, 3.63) is 34.4 Å². The number of nitro groups is 1. The van der Waals surface area contributed by atoms with Crippen LogP contribution in [-0.2, 0) is 0 Å². The van der Waals surface area contributed by atoms with E-state index < -0.39 is 4.92 Å². The summed E-state index contributed by atoms with van der Waals surface area (Å²) in [4.78, 5) is 10.4. The van der Waals surface area contributed by atoms with Gasteiger partial charge in [0.15, 0.2) is 5.11 Å². The molecule has 6 nitrogen and oxygen atoms in total. The van der Waals surface area contributed by atoms with Gasteiger partial charge in [0, 0.05) is 25.2 Å². The molecule has 1 aromatic carbocycles. The Bertz CT molecular complexity index is 477. The van der Waals surface area contributed by atoms with Gasteiger partial charge in [-0.3, -0.25) is 10.1 Å². The van der Waals surface area contributed by atoms with E-state index in [1.54, 1.807) is 18.2 Å². The number of para-hydroxylation sites is 2. The maximum atomic E-state index is 10.8. The molecule has 1 aliphatic rings. The Balaban J connectivity index is 1.72. The Morgan fingerprint density at radius 2 is 2.11 bits per heavy atom. The van der Waals surface area contributed by atoms with Crippen LogP contribution in [0.25, 0.3) is 0 Å². The van der Waals surface area contributed by atoms with E-state index >= 15 is 0 Å². The normalized spacial score (nSPS) is 13.7. The lowest BCUT2D eigenvalue weighted by atomic mass is 10.2. The molecule has 7 heteroatoms. The zero-order chi connectivity index (χ0) is 13.7. The number of nitrogens with one attached hydrogen (secondary N) is 3. The van der Waals surface area contributed by atoms with Gasteiger partial charge in [-0.25, -0.2) is 0 Å². The molecule has 0 radical (unpaired) electrons. The number of nitro benzene ring substituents is 1. The Hall–Kier alpha value is -1.89. The standard InChI is InChI=1S/C12H16N4O2S/c17-16(18)11-4-2-1-3-10(11)13-7-8-14-12(19)15-9-5-6-9/h1-4,9,13H,5-8H2,(H2,14,15,19). The molecular formula is C12H16N4O2S. The Morgan fingerprint density at radius 1 is 1.37 bits per heavy atom. The predicted molar refractivity (Wildman–Crippen MR) is 78.3 cm³/mol. The molecule has 3 N–H and O–H groups in total. The highest BCUT2D eigenvalue weighted by atomic mass is 32.1. The van der Waals surface area contributed by atoms with E-state index in [0.29, 0.717) is 29.9 Å². The first-order valence-electron chi connectivity index (χ1n) is 6.18. The smallest absolute Gasteiger partial charge is 0.292 e. The van der Waals surface area contributed by atoms with Crippen LogP contribution in [0.5, 0.6) is 0 Å². The largest absolute Gasteiger partial charge is 0.378 e. The van der Waals surface area contributed by atoms with Crippen molar-refractivity contribution in [3.8, 4) is 0 Å². The summed E-state index contributed by atoms with van der Waals surface area (Å²) >= 11 is 5.11. The van der Waals surface area contributed by atoms with Gasteiger partial charge in [0.05, 0.1) is 4.92 Å². The van der Waals surface area contributed by atoms with E-state index in [0.717, 1.165) is 0 Å². The van der Waals surface area contributed by atoms with Crippen molar-refractivity contribution in [1.82, 2.24) is 10.6 Å². The van der Waals surface area contributed by atoms with Crippen LogP contribution in [0.15, 0.2) is 24.3 Å². The van der Waals surface area contributed by atoms with Crippen molar-refractivity contribution in [3.63, 3.8) is 0 Å². The Kier molecular flexibility index (Phi) is 4.51. The number of hydrogen-bond acceptors (Lipinski definition) is 4. The molecule has 0 unspecified atom stereocenters. The lowest BCUT2D eigenvalue weighted by molar-refractivity contribution is -0.384. The van der Waals surface area contributed by atoms with E-state index in [1.165, 1.54) is 18.9 Å². The predicted octanol–water partition coefficient (Wildman–Crippen LogP) is 1.63. The molecule has 1 aliphatic carbocycles. The molecule has 0 aliphatic heterocycles. The van der Waals surface area contributed by atoms with E-state index in [9.17, 15) is 10.1 Å². The second-order valence-electron chi connectivity index (χ2n) is 4.38. The van der Waals surface area contributed by atoms with Crippen molar-refractivity contribution in [2.24, 2.45) is 0 Å². The number of rotatable bonds is 6. The van der Waals surface area contributed by atoms with Gasteiger partial charge in [0.1, 0.15) is 5.69 Å². The Labute approximate surface area is 116 Å². The summed E-state index contributed by atoms with van der Waals surface area (Å²) in [6.07, 6.45) is 2.35. The highest BCUT2D eigenvalue weighted by Gasteiger charge is 2.21. The minimum absolute atomic E-state index is 0.0844. The van der Waals surface area contributed by atoms with Crippen LogP contribution in [0.3, 0.4) is 0 Å². The summed E-state index contributed by atoms with van der Waals surface area (Å²) in [6, 6.07) is 7.12. The summed E-state index contributed by atoms with van der Waals surface area (Å²) in [6.45, 7) is 1.18. The average molecular weight is 280 g/mol. The van der Waals surface area contributed by atoms with Crippen molar-refractivity contribution >= 4 is 28.7 Å². The summed E-state index contributed by atoms with van der Waals surface area (Å²) in [5, 5.41) is 20.7. The molecule has 1 saturated carbocycles. The zero-order valence-corrected chi connectivity index (χ0v) is 11.2. The molecule has 0 aromatic heterocycles. The maximum absolute atomic E-state index is 10.8. The Morgan fingerprint density at radius 3 is 2.79 bits per heavy atom.